The summed E-state index contributed by atoms with van der Waals surface area (Å²) in [6.07, 6.45) is 5.38. The first-order chi connectivity index (χ1) is 8.87. The van der Waals surface area contributed by atoms with Gasteiger partial charge < -0.3 is 5.32 Å². The molecule has 0 aromatic heterocycles. The quantitative estimate of drug-likeness (QED) is 0.812. The number of rotatable bonds is 3. The molecule has 0 spiro atoms. The van der Waals surface area contributed by atoms with Gasteiger partial charge in [0.1, 0.15) is 0 Å². The third kappa shape index (κ3) is 3.82. The normalized spacial score (nSPS) is 24.2. The highest BCUT2D eigenvalue weighted by atomic mass is 14.9. The highest BCUT2D eigenvalue weighted by molar-refractivity contribution is 5.32. The Kier molecular flexibility index (Phi) is 4.35. The average molecular weight is 259 g/mol. The van der Waals surface area contributed by atoms with Crippen molar-refractivity contribution in [2.24, 2.45) is 5.41 Å². The van der Waals surface area contributed by atoms with Gasteiger partial charge in [-0.15, -0.1) is 0 Å². The Morgan fingerprint density at radius 2 is 2.00 bits per heavy atom. The van der Waals surface area contributed by atoms with Crippen molar-refractivity contribution in [1.82, 2.24) is 5.32 Å². The molecule has 2 atom stereocenters. The fraction of sp³-hybridized carbons (Fsp3) is 0.667. The van der Waals surface area contributed by atoms with Crippen LogP contribution in [0.2, 0.25) is 0 Å². The Balaban J connectivity index is 2.04. The van der Waals surface area contributed by atoms with Gasteiger partial charge in [-0.2, -0.15) is 0 Å². The highest BCUT2D eigenvalue weighted by Crippen LogP contribution is 2.36. The number of hydrogen-bond acceptors (Lipinski definition) is 1. The summed E-state index contributed by atoms with van der Waals surface area (Å²) in [5.41, 5.74) is 4.74. The minimum Gasteiger partial charge on any atom is -0.307 e. The summed E-state index contributed by atoms with van der Waals surface area (Å²) in [4.78, 5) is 0. The second-order valence-corrected chi connectivity index (χ2v) is 7.21. The maximum absolute atomic E-state index is 3.86. The van der Waals surface area contributed by atoms with Gasteiger partial charge in [0, 0.05) is 12.1 Å². The Morgan fingerprint density at radius 1 is 1.26 bits per heavy atom. The van der Waals surface area contributed by atoms with E-state index in [0.29, 0.717) is 17.5 Å². The van der Waals surface area contributed by atoms with Gasteiger partial charge >= 0.3 is 0 Å². The van der Waals surface area contributed by atoms with Crippen molar-refractivity contribution in [2.75, 3.05) is 0 Å². The second-order valence-electron chi connectivity index (χ2n) is 7.21. The minimum atomic E-state index is 0.457. The Labute approximate surface area is 118 Å². The topological polar surface area (TPSA) is 12.0 Å². The molecule has 2 unspecified atom stereocenters. The van der Waals surface area contributed by atoms with Crippen molar-refractivity contribution in [2.45, 2.75) is 72.4 Å². The highest BCUT2D eigenvalue weighted by Gasteiger charge is 2.28. The summed E-state index contributed by atoms with van der Waals surface area (Å²) in [7, 11) is 0. The predicted octanol–water partition coefficient (Wildman–Crippen LogP) is 4.92. The molecule has 0 heterocycles. The number of benzene rings is 1. The lowest BCUT2D eigenvalue weighted by Gasteiger charge is -2.37. The van der Waals surface area contributed by atoms with Crippen LogP contribution < -0.4 is 5.32 Å². The Bertz CT molecular complexity index is 433. The third-order valence-electron chi connectivity index (χ3n) is 4.59. The van der Waals surface area contributed by atoms with Crippen molar-refractivity contribution in [3.8, 4) is 0 Å². The van der Waals surface area contributed by atoms with Gasteiger partial charge in [-0.25, -0.2) is 0 Å². The second kappa shape index (κ2) is 5.66. The molecule has 1 N–H and O–H groups in total. The fourth-order valence-corrected chi connectivity index (χ4v) is 3.51. The molecule has 2 rings (SSSR count). The van der Waals surface area contributed by atoms with Gasteiger partial charge in [-0.3, -0.25) is 0 Å². The van der Waals surface area contributed by atoms with Crippen LogP contribution in [0.1, 0.15) is 69.2 Å². The molecule has 1 saturated carbocycles. The van der Waals surface area contributed by atoms with E-state index in [9.17, 15) is 0 Å². The lowest BCUT2D eigenvalue weighted by atomic mass is 9.75. The van der Waals surface area contributed by atoms with Gasteiger partial charge in [0.2, 0.25) is 0 Å². The summed E-state index contributed by atoms with van der Waals surface area (Å²) in [5.74, 6) is 0. The average Bonchev–Trinajstić information content (AvgIpc) is 2.31. The Morgan fingerprint density at radius 3 is 2.68 bits per heavy atom. The molecule has 19 heavy (non-hydrogen) atoms. The molecule has 1 aromatic rings. The van der Waals surface area contributed by atoms with Crippen LogP contribution in [0.15, 0.2) is 18.2 Å². The zero-order valence-electron chi connectivity index (χ0n) is 13.2. The molecule has 1 aliphatic rings. The summed E-state index contributed by atoms with van der Waals surface area (Å²) >= 11 is 0. The standard InChI is InChI=1S/C18H29N/c1-13-8-9-14(2)17(11-13)15(3)19-16-7-6-10-18(4,5)12-16/h8-9,11,15-16,19H,6-7,10,12H2,1-5H3. The minimum absolute atomic E-state index is 0.457. The largest absolute Gasteiger partial charge is 0.307 e. The molecule has 0 amide bonds. The van der Waals surface area contributed by atoms with Crippen LogP contribution in [0.5, 0.6) is 0 Å². The van der Waals surface area contributed by atoms with Gasteiger partial charge in [0.05, 0.1) is 0 Å². The van der Waals surface area contributed by atoms with Crippen LogP contribution in [0.25, 0.3) is 0 Å². The first kappa shape index (κ1) is 14.6. The van der Waals surface area contributed by atoms with E-state index in [0.717, 1.165) is 0 Å². The molecule has 1 fully saturated rings. The van der Waals surface area contributed by atoms with E-state index in [1.54, 1.807) is 0 Å². The maximum Gasteiger partial charge on any atom is 0.0297 e. The molecule has 0 saturated heterocycles. The van der Waals surface area contributed by atoms with Crippen molar-refractivity contribution >= 4 is 0 Å². The Hall–Kier alpha value is -0.820. The molecular weight excluding hydrogens is 230 g/mol. The van der Waals surface area contributed by atoms with Crippen LogP contribution in [0, 0.1) is 19.3 Å². The summed E-state index contributed by atoms with van der Waals surface area (Å²) in [5, 5.41) is 3.86. The molecule has 0 aliphatic heterocycles. The predicted molar refractivity (Wildman–Crippen MR) is 83.5 cm³/mol. The molecular formula is C18H29N. The third-order valence-corrected chi connectivity index (χ3v) is 4.59. The summed E-state index contributed by atoms with van der Waals surface area (Å²) < 4.78 is 0. The molecule has 106 valence electrons. The van der Waals surface area contributed by atoms with Crippen LogP contribution >= 0.6 is 0 Å². The lowest BCUT2D eigenvalue weighted by molar-refractivity contribution is 0.191. The van der Waals surface area contributed by atoms with Crippen molar-refractivity contribution in [3.05, 3.63) is 34.9 Å². The van der Waals surface area contributed by atoms with E-state index in [1.165, 1.54) is 42.4 Å². The molecule has 0 bridgehead atoms. The first-order valence-electron chi connectivity index (χ1n) is 7.71. The number of hydrogen-bond donors (Lipinski definition) is 1. The lowest BCUT2D eigenvalue weighted by Crippen LogP contribution is -2.38. The SMILES string of the molecule is Cc1ccc(C)c(C(C)NC2CCCC(C)(C)C2)c1. The van der Waals surface area contributed by atoms with Gasteiger partial charge in [-0.05, 0) is 56.6 Å². The zero-order chi connectivity index (χ0) is 14.0. The number of aryl methyl sites for hydroxylation is 2. The van der Waals surface area contributed by atoms with E-state index < -0.39 is 0 Å². The smallest absolute Gasteiger partial charge is 0.0297 e. The van der Waals surface area contributed by atoms with E-state index in [1.807, 2.05) is 0 Å². The maximum atomic E-state index is 3.86. The van der Waals surface area contributed by atoms with E-state index >= 15 is 0 Å². The monoisotopic (exact) mass is 259 g/mol. The molecule has 0 radical (unpaired) electrons. The van der Waals surface area contributed by atoms with Gasteiger partial charge in [-0.1, -0.05) is 44.0 Å². The van der Waals surface area contributed by atoms with Crippen molar-refractivity contribution in [1.29, 1.82) is 0 Å². The van der Waals surface area contributed by atoms with Crippen molar-refractivity contribution < 1.29 is 0 Å². The number of nitrogens with one attached hydrogen (secondary N) is 1. The zero-order valence-corrected chi connectivity index (χ0v) is 13.2. The molecule has 1 aromatic carbocycles. The van der Waals surface area contributed by atoms with Crippen LogP contribution in [0.4, 0.5) is 0 Å². The fourth-order valence-electron chi connectivity index (χ4n) is 3.51. The van der Waals surface area contributed by atoms with E-state index in [4.69, 9.17) is 0 Å². The molecule has 1 heteroatoms. The van der Waals surface area contributed by atoms with E-state index in [-0.39, 0.29) is 0 Å². The first-order valence-corrected chi connectivity index (χ1v) is 7.71. The van der Waals surface area contributed by atoms with Gasteiger partial charge in [0.15, 0.2) is 0 Å². The summed E-state index contributed by atoms with van der Waals surface area (Å²) in [6, 6.07) is 7.92. The molecule has 1 nitrogen and oxygen atoms in total. The van der Waals surface area contributed by atoms with Crippen molar-refractivity contribution in [3.63, 3.8) is 0 Å². The van der Waals surface area contributed by atoms with Gasteiger partial charge in [0.25, 0.3) is 0 Å². The van der Waals surface area contributed by atoms with Crippen LogP contribution in [0.3, 0.4) is 0 Å². The van der Waals surface area contributed by atoms with E-state index in [2.05, 4.69) is 58.1 Å². The van der Waals surface area contributed by atoms with Crippen LogP contribution in [-0.2, 0) is 0 Å². The molecule has 1 aliphatic carbocycles. The summed E-state index contributed by atoms with van der Waals surface area (Å²) in [6.45, 7) is 11.5. The van der Waals surface area contributed by atoms with Crippen LogP contribution in [-0.4, -0.2) is 6.04 Å².